The van der Waals surface area contributed by atoms with Crippen molar-refractivity contribution < 1.29 is 0 Å². The minimum atomic E-state index is 0.649. The summed E-state index contributed by atoms with van der Waals surface area (Å²) in [4.78, 5) is 12.3. The number of para-hydroxylation sites is 1. The average molecular weight is 368 g/mol. The van der Waals surface area contributed by atoms with E-state index in [-0.39, 0.29) is 0 Å². The topological polar surface area (TPSA) is 69.7 Å². The molecule has 0 aliphatic rings. The zero-order valence-corrected chi connectivity index (χ0v) is 14.3. The van der Waals surface area contributed by atoms with Crippen molar-refractivity contribution in [2.75, 3.05) is 0 Å². The molecule has 0 radical (unpaired) electrons. The Kier molecular flexibility index (Phi) is 3.27. The highest BCUT2D eigenvalue weighted by Gasteiger charge is 2.13. The number of aromatic amines is 2. The van der Waals surface area contributed by atoms with Crippen molar-refractivity contribution in [3.63, 3.8) is 0 Å². The molecule has 0 aliphatic carbocycles. The Labute approximate surface area is 141 Å². The van der Waals surface area contributed by atoms with Crippen LogP contribution < -0.4 is 0 Å². The van der Waals surface area contributed by atoms with Gasteiger partial charge >= 0.3 is 0 Å². The fourth-order valence-corrected chi connectivity index (χ4v) is 3.06. The minimum absolute atomic E-state index is 0.649. The lowest BCUT2D eigenvalue weighted by Gasteiger charge is -2.03. The van der Waals surface area contributed by atoms with E-state index in [0.29, 0.717) is 5.82 Å². The van der Waals surface area contributed by atoms with E-state index in [1.807, 2.05) is 44.5 Å². The Balaban J connectivity index is 1.83. The summed E-state index contributed by atoms with van der Waals surface area (Å²) in [5.41, 5.74) is 4.91. The van der Waals surface area contributed by atoms with Crippen molar-refractivity contribution in [1.82, 2.24) is 20.2 Å². The lowest BCUT2D eigenvalue weighted by molar-refractivity contribution is 1.08. The van der Waals surface area contributed by atoms with Crippen molar-refractivity contribution in [1.29, 1.82) is 0 Å². The van der Waals surface area contributed by atoms with Gasteiger partial charge in [0.2, 0.25) is 0 Å². The van der Waals surface area contributed by atoms with E-state index in [2.05, 4.69) is 47.2 Å². The maximum absolute atomic E-state index is 4.57. The fraction of sp³-hybridized carbons (Fsp3) is 0.118. The normalized spacial score (nSPS) is 12.0. The second-order valence-corrected chi connectivity index (χ2v) is 6.25. The molecule has 3 heterocycles. The standard InChI is InChI=1S/C17H14BrN5/c1-9-14-16(22-23-17(14)21-10(2)15(9)18)20-8-11-7-19-13-6-4-3-5-12(11)13/h3-8,19H,1-2H3,(H,21,22,23). The van der Waals surface area contributed by atoms with Gasteiger partial charge in [-0.2, -0.15) is 5.10 Å². The van der Waals surface area contributed by atoms with Gasteiger partial charge in [0.1, 0.15) is 0 Å². The molecule has 0 amide bonds. The molecule has 23 heavy (non-hydrogen) atoms. The summed E-state index contributed by atoms with van der Waals surface area (Å²) < 4.78 is 0.995. The first-order valence-electron chi connectivity index (χ1n) is 7.26. The number of benzene rings is 1. The van der Waals surface area contributed by atoms with Gasteiger partial charge in [-0.05, 0) is 41.4 Å². The number of rotatable bonds is 2. The molecule has 0 spiro atoms. The number of halogens is 1. The lowest BCUT2D eigenvalue weighted by atomic mass is 10.1. The Hall–Kier alpha value is -2.47. The molecular weight excluding hydrogens is 354 g/mol. The molecule has 4 rings (SSSR count). The number of nitrogens with zero attached hydrogens (tertiary/aromatic N) is 3. The molecule has 0 unspecified atom stereocenters. The third-order valence-electron chi connectivity index (χ3n) is 3.98. The van der Waals surface area contributed by atoms with E-state index in [0.717, 1.165) is 43.2 Å². The Morgan fingerprint density at radius 3 is 2.91 bits per heavy atom. The molecule has 0 atom stereocenters. The van der Waals surface area contributed by atoms with E-state index in [4.69, 9.17) is 0 Å². The molecule has 0 fully saturated rings. The number of aryl methyl sites for hydroxylation is 2. The van der Waals surface area contributed by atoms with Crippen LogP contribution >= 0.6 is 15.9 Å². The number of pyridine rings is 1. The molecule has 0 bridgehead atoms. The van der Waals surface area contributed by atoms with Crippen molar-refractivity contribution in [2.24, 2.45) is 4.99 Å². The molecular formula is C17H14BrN5. The highest BCUT2D eigenvalue weighted by Crippen LogP contribution is 2.31. The summed E-state index contributed by atoms with van der Waals surface area (Å²) in [5.74, 6) is 0.649. The monoisotopic (exact) mass is 367 g/mol. The maximum Gasteiger partial charge on any atom is 0.183 e. The van der Waals surface area contributed by atoms with E-state index in [1.54, 1.807) is 0 Å². The summed E-state index contributed by atoms with van der Waals surface area (Å²) >= 11 is 3.58. The first kappa shape index (κ1) is 14.1. The van der Waals surface area contributed by atoms with Crippen molar-refractivity contribution in [2.45, 2.75) is 13.8 Å². The highest BCUT2D eigenvalue weighted by atomic mass is 79.9. The highest BCUT2D eigenvalue weighted by molar-refractivity contribution is 9.10. The van der Waals surface area contributed by atoms with E-state index in [1.165, 1.54) is 0 Å². The second kappa shape index (κ2) is 5.31. The van der Waals surface area contributed by atoms with Crippen LogP contribution in [0.5, 0.6) is 0 Å². The van der Waals surface area contributed by atoms with Crippen LogP contribution in [0.15, 0.2) is 39.9 Å². The number of aliphatic imine (C=N–C) groups is 1. The molecule has 3 aromatic heterocycles. The Morgan fingerprint density at radius 1 is 1.22 bits per heavy atom. The molecule has 4 aromatic rings. The van der Waals surface area contributed by atoms with E-state index in [9.17, 15) is 0 Å². The fourth-order valence-electron chi connectivity index (χ4n) is 2.77. The average Bonchev–Trinajstić information content (AvgIpc) is 3.15. The van der Waals surface area contributed by atoms with Gasteiger partial charge in [0, 0.05) is 33.4 Å². The number of H-pyrrole nitrogens is 2. The summed E-state index contributed by atoms with van der Waals surface area (Å²) in [6.07, 6.45) is 3.79. The van der Waals surface area contributed by atoms with Crippen LogP contribution in [0.4, 0.5) is 5.82 Å². The molecule has 0 aliphatic heterocycles. The second-order valence-electron chi connectivity index (χ2n) is 5.45. The number of hydrogen-bond acceptors (Lipinski definition) is 3. The Bertz CT molecular complexity index is 1060. The molecule has 2 N–H and O–H groups in total. The number of fused-ring (bicyclic) bond motifs is 2. The lowest BCUT2D eigenvalue weighted by Crippen LogP contribution is -1.89. The summed E-state index contributed by atoms with van der Waals surface area (Å²) in [6.45, 7) is 4.01. The summed E-state index contributed by atoms with van der Waals surface area (Å²) in [7, 11) is 0. The van der Waals surface area contributed by atoms with Crippen molar-refractivity contribution in [3.8, 4) is 0 Å². The van der Waals surface area contributed by atoms with Crippen LogP contribution in [0.3, 0.4) is 0 Å². The first-order chi connectivity index (χ1) is 11.1. The molecule has 114 valence electrons. The third-order valence-corrected chi connectivity index (χ3v) is 5.15. The van der Waals surface area contributed by atoms with Crippen LogP contribution in [-0.4, -0.2) is 26.4 Å². The third kappa shape index (κ3) is 2.26. The predicted octanol–water partition coefficient (Wildman–Crippen LogP) is 4.57. The van der Waals surface area contributed by atoms with Gasteiger partial charge in [-0.25, -0.2) is 9.98 Å². The van der Waals surface area contributed by atoms with E-state index < -0.39 is 0 Å². The van der Waals surface area contributed by atoms with Gasteiger partial charge in [-0.15, -0.1) is 0 Å². The largest absolute Gasteiger partial charge is 0.361 e. The van der Waals surface area contributed by atoms with Gasteiger partial charge in [0.05, 0.1) is 11.1 Å². The van der Waals surface area contributed by atoms with Crippen LogP contribution in [0.1, 0.15) is 16.8 Å². The van der Waals surface area contributed by atoms with Gasteiger partial charge in [0.25, 0.3) is 0 Å². The van der Waals surface area contributed by atoms with Gasteiger partial charge < -0.3 is 4.98 Å². The van der Waals surface area contributed by atoms with E-state index >= 15 is 0 Å². The molecule has 5 nitrogen and oxygen atoms in total. The molecule has 0 saturated carbocycles. The zero-order valence-electron chi connectivity index (χ0n) is 12.7. The molecule has 1 aromatic carbocycles. The van der Waals surface area contributed by atoms with Gasteiger partial charge in [-0.1, -0.05) is 18.2 Å². The minimum Gasteiger partial charge on any atom is -0.361 e. The summed E-state index contributed by atoms with van der Waals surface area (Å²) in [5, 5.41) is 9.35. The number of aromatic nitrogens is 4. The number of nitrogens with one attached hydrogen (secondary N) is 2. The van der Waals surface area contributed by atoms with Gasteiger partial charge in [-0.3, -0.25) is 5.10 Å². The SMILES string of the molecule is Cc1nc2[nH]nc(N=Cc3c[nH]c4ccccc34)c2c(C)c1Br. The van der Waals surface area contributed by atoms with Crippen molar-refractivity contribution in [3.05, 3.63) is 51.8 Å². The summed E-state index contributed by atoms with van der Waals surface area (Å²) in [6, 6.07) is 8.15. The quantitative estimate of drug-likeness (QED) is 0.509. The molecule has 6 heteroatoms. The van der Waals surface area contributed by atoms with Crippen LogP contribution in [0.2, 0.25) is 0 Å². The zero-order chi connectivity index (χ0) is 16.0. The molecule has 0 saturated heterocycles. The number of hydrogen-bond donors (Lipinski definition) is 2. The van der Waals surface area contributed by atoms with Gasteiger partial charge in [0.15, 0.2) is 11.5 Å². The first-order valence-corrected chi connectivity index (χ1v) is 8.05. The predicted molar refractivity (Wildman–Crippen MR) is 96.6 cm³/mol. The van der Waals surface area contributed by atoms with Crippen LogP contribution in [-0.2, 0) is 0 Å². The van der Waals surface area contributed by atoms with Crippen LogP contribution in [0.25, 0.3) is 21.9 Å². The van der Waals surface area contributed by atoms with Crippen molar-refractivity contribution >= 4 is 49.9 Å². The smallest absolute Gasteiger partial charge is 0.183 e. The van der Waals surface area contributed by atoms with Crippen LogP contribution in [0, 0.1) is 13.8 Å². The maximum atomic E-state index is 4.57. The Morgan fingerprint density at radius 2 is 2.04 bits per heavy atom.